The van der Waals surface area contributed by atoms with Crippen LogP contribution in [0.5, 0.6) is 0 Å². The summed E-state index contributed by atoms with van der Waals surface area (Å²) < 4.78 is 0. The summed E-state index contributed by atoms with van der Waals surface area (Å²) >= 11 is 0. The maximum atomic E-state index is 14.6. The Morgan fingerprint density at radius 3 is 2.15 bits per heavy atom. The molecule has 3 aliphatic rings. The van der Waals surface area contributed by atoms with Crippen LogP contribution in [0, 0.1) is 15.5 Å². The van der Waals surface area contributed by atoms with Crippen LogP contribution in [0.2, 0.25) is 0 Å². The van der Waals surface area contributed by atoms with Gasteiger partial charge in [0.05, 0.1) is 11.0 Å². The SMILES string of the molecule is O=C(c1ccccc1)[C@@H]1[C@@H](c2cccc([N+](=O)[O-])c2)C2(C(=O)c3ccccc3C2=O)C2C=Cc3ccccc3N21. The minimum absolute atomic E-state index is 0.171. The average molecular weight is 527 g/mol. The molecule has 7 heteroatoms. The molecule has 3 atom stereocenters. The van der Waals surface area contributed by atoms with Crippen LogP contribution >= 0.6 is 0 Å². The Morgan fingerprint density at radius 2 is 1.45 bits per heavy atom. The van der Waals surface area contributed by atoms with Gasteiger partial charge in [-0.2, -0.15) is 0 Å². The molecule has 0 bridgehead atoms. The molecule has 2 aliphatic heterocycles. The van der Waals surface area contributed by atoms with Crippen molar-refractivity contribution in [3.8, 4) is 0 Å². The van der Waals surface area contributed by atoms with Gasteiger partial charge in [-0.3, -0.25) is 24.5 Å². The van der Waals surface area contributed by atoms with Gasteiger partial charge in [-0.05, 0) is 17.2 Å². The predicted molar refractivity (Wildman–Crippen MR) is 150 cm³/mol. The van der Waals surface area contributed by atoms with Gasteiger partial charge in [0, 0.05) is 40.4 Å². The third-order valence-electron chi connectivity index (χ3n) is 8.48. The second-order valence-corrected chi connectivity index (χ2v) is 10.3. The normalized spacial score (nSPS) is 21.7. The first kappa shape index (κ1) is 23.9. The Bertz CT molecular complexity index is 1740. The van der Waals surface area contributed by atoms with E-state index in [1.54, 1.807) is 60.7 Å². The van der Waals surface area contributed by atoms with Crippen LogP contribution in [-0.2, 0) is 0 Å². The molecular formula is C33H22N2O5. The van der Waals surface area contributed by atoms with Gasteiger partial charge >= 0.3 is 0 Å². The average Bonchev–Trinajstić information content (AvgIpc) is 3.43. The van der Waals surface area contributed by atoms with E-state index in [0.29, 0.717) is 22.3 Å². The fourth-order valence-corrected chi connectivity index (χ4v) is 6.90. The summed E-state index contributed by atoms with van der Waals surface area (Å²) in [6, 6.07) is 27.3. The summed E-state index contributed by atoms with van der Waals surface area (Å²) in [6.45, 7) is 0. The highest BCUT2D eigenvalue weighted by atomic mass is 16.6. The van der Waals surface area contributed by atoms with E-state index in [1.165, 1.54) is 12.1 Å². The molecule has 0 amide bonds. The van der Waals surface area contributed by atoms with E-state index < -0.39 is 28.3 Å². The summed E-state index contributed by atoms with van der Waals surface area (Å²) in [7, 11) is 0. The van der Waals surface area contributed by atoms with Gasteiger partial charge in [0.25, 0.3) is 5.69 Å². The molecule has 1 aliphatic carbocycles. The van der Waals surface area contributed by atoms with Gasteiger partial charge in [-0.25, -0.2) is 0 Å². The number of para-hydroxylation sites is 1. The summed E-state index contributed by atoms with van der Waals surface area (Å²) in [5.74, 6) is -1.99. The quantitative estimate of drug-likeness (QED) is 0.142. The number of benzene rings is 4. The van der Waals surface area contributed by atoms with Crippen molar-refractivity contribution in [3.05, 3.63) is 147 Å². The van der Waals surface area contributed by atoms with Crippen molar-refractivity contribution in [2.45, 2.75) is 18.0 Å². The van der Waals surface area contributed by atoms with Gasteiger partial charge in [0.2, 0.25) is 0 Å². The molecule has 1 spiro atoms. The summed E-state index contributed by atoms with van der Waals surface area (Å²) in [5, 5.41) is 11.8. The molecule has 40 heavy (non-hydrogen) atoms. The molecule has 2 heterocycles. The predicted octanol–water partition coefficient (Wildman–Crippen LogP) is 5.91. The summed E-state index contributed by atoms with van der Waals surface area (Å²) in [5.41, 5.74) is 1.17. The third kappa shape index (κ3) is 3.09. The number of nitrogens with zero attached hydrogens (tertiary/aromatic N) is 2. The van der Waals surface area contributed by atoms with Crippen LogP contribution in [0.25, 0.3) is 6.08 Å². The van der Waals surface area contributed by atoms with Crippen molar-refractivity contribution in [1.29, 1.82) is 0 Å². The zero-order valence-corrected chi connectivity index (χ0v) is 21.1. The molecule has 7 rings (SSSR count). The zero-order valence-electron chi connectivity index (χ0n) is 21.1. The standard InChI is InChI=1S/C33H22N2O5/c36-30(21-10-2-1-3-11-21)29-28(22-12-8-13-23(19-22)35(39)40)33(31(37)24-14-5-6-15-25(24)32(33)38)27-18-17-20-9-4-7-16-26(20)34(27)29/h1-19,27-29H/t27?,28-,29+/m1/s1. The minimum Gasteiger partial charge on any atom is -0.352 e. The van der Waals surface area contributed by atoms with Crippen LogP contribution in [0.1, 0.15) is 48.1 Å². The highest BCUT2D eigenvalue weighted by molar-refractivity contribution is 6.32. The van der Waals surface area contributed by atoms with Crippen LogP contribution in [0.3, 0.4) is 0 Å². The Hall–Kier alpha value is -5.17. The van der Waals surface area contributed by atoms with Crippen LogP contribution in [-0.4, -0.2) is 34.4 Å². The Labute approximate surface area is 229 Å². The molecule has 0 saturated carbocycles. The van der Waals surface area contributed by atoms with Crippen molar-refractivity contribution < 1.29 is 19.3 Å². The van der Waals surface area contributed by atoms with Gasteiger partial charge in [-0.15, -0.1) is 0 Å². The smallest absolute Gasteiger partial charge is 0.269 e. The first-order valence-corrected chi connectivity index (χ1v) is 13.0. The maximum absolute atomic E-state index is 14.6. The summed E-state index contributed by atoms with van der Waals surface area (Å²) in [6.07, 6.45) is 3.73. The lowest BCUT2D eigenvalue weighted by Gasteiger charge is -2.37. The number of fused-ring (bicyclic) bond motifs is 5. The number of carbonyl (C=O) groups excluding carboxylic acids is 3. The van der Waals surface area contributed by atoms with Crippen molar-refractivity contribution >= 4 is 34.8 Å². The molecule has 1 saturated heterocycles. The number of ketones is 3. The zero-order chi connectivity index (χ0) is 27.6. The van der Waals surface area contributed by atoms with Crippen LogP contribution in [0.15, 0.2) is 109 Å². The van der Waals surface area contributed by atoms with E-state index in [4.69, 9.17) is 0 Å². The number of anilines is 1. The number of hydrogen-bond acceptors (Lipinski definition) is 6. The van der Waals surface area contributed by atoms with Crippen molar-refractivity contribution in [3.63, 3.8) is 0 Å². The van der Waals surface area contributed by atoms with Gasteiger partial charge in [-0.1, -0.05) is 97.1 Å². The second kappa shape index (κ2) is 8.68. The van der Waals surface area contributed by atoms with Crippen molar-refractivity contribution in [2.24, 2.45) is 5.41 Å². The number of non-ortho nitro benzene ring substituents is 1. The monoisotopic (exact) mass is 526 g/mol. The number of rotatable bonds is 4. The number of carbonyl (C=O) groups is 3. The molecule has 4 aromatic rings. The molecular weight excluding hydrogens is 504 g/mol. The van der Waals surface area contributed by atoms with E-state index in [2.05, 4.69) is 0 Å². The lowest BCUT2D eigenvalue weighted by atomic mass is 9.64. The van der Waals surface area contributed by atoms with Gasteiger partial charge in [0.15, 0.2) is 17.3 Å². The molecule has 7 nitrogen and oxygen atoms in total. The largest absolute Gasteiger partial charge is 0.352 e. The lowest BCUT2D eigenvalue weighted by Crippen LogP contribution is -2.48. The van der Waals surface area contributed by atoms with Gasteiger partial charge < -0.3 is 4.90 Å². The first-order chi connectivity index (χ1) is 19.4. The van der Waals surface area contributed by atoms with Crippen molar-refractivity contribution in [1.82, 2.24) is 0 Å². The molecule has 1 fully saturated rings. The number of hydrogen-bond donors (Lipinski definition) is 0. The molecule has 4 aromatic carbocycles. The fourth-order valence-electron chi connectivity index (χ4n) is 6.90. The summed E-state index contributed by atoms with van der Waals surface area (Å²) in [4.78, 5) is 56.9. The minimum atomic E-state index is -1.70. The Balaban J connectivity index is 1.56. The van der Waals surface area contributed by atoms with Crippen LogP contribution in [0.4, 0.5) is 11.4 Å². The molecule has 0 aromatic heterocycles. The van der Waals surface area contributed by atoms with Crippen molar-refractivity contribution in [2.75, 3.05) is 4.90 Å². The third-order valence-corrected chi connectivity index (χ3v) is 8.48. The van der Waals surface area contributed by atoms with E-state index in [9.17, 15) is 24.5 Å². The number of nitro benzene ring substituents is 1. The number of Topliss-reactive ketones (excluding diaryl/α,β-unsaturated/α-hetero) is 3. The second-order valence-electron chi connectivity index (χ2n) is 10.3. The maximum Gasteiger partial charge on any atom is 0.269 e. The Kier molecular flexibility index (Phi) is 5.19. The first-order valence-electron chi connectivity index (χ1n) is 13.0. The van der Waals surface area contributed by atoms with E-state index >= 15 is 0 Å². The molecule has 0 radical (unpaired) electrons. The molecule has 1 unspecified atom stereocenters. The number of nitro groups is 1. The van der Waals surface area contributed by atoms with Gasteiger partial charge in [0.1, 0.15) is 11.5 Å². The highest BCUT2D eigenvalue weighted by Gasteiger charge is 2.71. The lowest BCUT2D eigenvalue weighted by molar-refractivity contribution is -0.384. The van der Waals surface area contributed by atoms with Crippen LogP contribution < -0.4 is 4.90 Å². The van der Waals surface area contributed by atoms with E-state index in [-0.39, 0.29) is 23.0 Å². The molecule has 0 N–H and O–H groups in total. The topological polar surface area (TPSA) is 97.6 Å². The highest BCUT2D eigenvalue weighted by Crippen LogP contribution is 2.61. The Morgan fingerprint density at radius 1 is 0.800 bits per heavy atom. The van der Waals surface area contributed by atoms with E-state index in [1.807, 2.05) is 47.4 Å². The van der Waals surface area contributed by atoms with E-state index in [0.717, 1.165) is 11.3 Å². The fraction of sp³-hybridized carbons (Fsp3) is 0.121. The molecule has 194 valence electrons.